The topological polar surface area (TPSA) is 194 Å². The number of aromatic hydroxyl groups is 1. The summed E-state index contributed by atoms with van der Waals surface area (Å²) < 4.78 is 5.36. The van der Waals surface area contributed by atoms with Gasteiger partial charge in [0.2, 0.25) is 5.78 Å². The average molecular weight is 530 g/mol. The molecule has 204 valence electrons. The number of aliphatic hydroxyl groups excluding tert-OH is 3. The third kappa shape index (κ3) is 3.27. The van der Waals surface area contributed by atoms with E-state index in [-0.39, 0.29) is 11.3 Å². The number of phenolic OH excluding ortho intramolecular Hbond substituents is 1. The van der Waals surface area contributed by atoms with Crippen LogP contribution in [0.15, 0.2) is 34.8 Å². The highest BCUT2D eigenvalue weighted by atomic mass is 16.5. The number of phenols is 1. The van der Waals surface area contributed by atoms with Crippen molar-refractivity contribution in [1.29, 1.82) is 0 Å². The second kappa shape index (κ2) is 8.80. The summed E-state index contributed by atoms with van der Waals surface area (Å²) in [6, 6.07) is 2.07. The van der Waals surface area contributed by atoms with Crippen LogP contribution in [0.3, 0.4) is 0 Å². The van der Waals surface area contributed by atoms with Gasteiger partial charge in [-0.3, -0.25) is 19.3 Å². The SMILES string of the molecule is CC1c2ccc(N3CCOCC3)c(O)c2C(=O)C2=C(O)C3(O)C(=O)C(C(N)=O)=C(O)C(N(C)C)C3C(O)C21. The van der Waals surface area contributed by atoms with Crippen LogP contribution in [0.2, 0.25) is 0 Å². The Hall–Kier alpha value is -3.45. The Kier molecular flexibility index (Phi) is 6.06. The molecule has 5 rings (SSSR count). The number of primary amides is 1. The van der Waals surface area contributed by atoms with Crippen LogP contribution in [0.5, 0.6) is 5.75 Å². The van der Waals surface area contributed by atoms with Crippen molar-refractivity contribution in [3.63, 3.8) is 0 Å². The summed E-state index contributed by atoms with van der Waals surface area (Å²) in [6.07, 6.45) is -1.62. The maximum Gasteiger partial charge on any atom is 0.255 e. The van der Waals surface area contributed by atoms with Crippen molar-refractivity contribution in [2.75, 3.05) is 45.3 Å². The molecule has 0 spiro atoms. The number of morpholine rings is 1. The van der Waals surface area contributed by atoms with Gasteiger partial charge in [-0.25, -0.2) is 0 Å². The molecule has 0 radical (unpaired) electrons. The molecule has 1 heterocycles. The van der Waals surface area contributed by atoms with Gasteiger partial charge in [0.1, 0.15) is 22.8 Å². The summed E-state index contributed by atoms with van der Waals surface area (Å²) in [5.74, 6) is -8.96. The molecule has 1 aromatic rings. The molecule has 1 aromatic carbocycles. The number of hydrogen-bond acceptors (Lipinski definition) is 11. The Balaban J connectivity index is 1.73. The van der Waals surface area contributed by atoms with Gasteiger partial charge in [0.15, 0.2) is 11.4 Å². The van der Waals surface area contributed by atoms with Crippen LogP contribution in [-0.4, -0.2) is 106 Å². The second-order valence-electron chi connectivity index (χ2n) is 10.5. The molecule has 0 aromatic heterocycles. The molecule has 1 amide bonds. The van der Waals surface area contributed by atoms with Crippen LogP contribution in [0.25, 0.3) is 0 Å². The van der Waals surface area contributed by atoms with E-state index >= 15 is 0 Å². The minimum atomic E-state index is -2.93. The number of hydrogen-bond donors (Lipinski definition) is 6. The summed E-state index contributed by atoms with van der Waals surface area (Å²) in [6.45, 7) is 3.54. The van der Waals surface area contributed by atoms with Gasteiger partial charge < -0.3 is 40.9 Å². The Morgan fingerprint density at radius 1 is 1.16 bits per heavy atom. The molecule has 6 unspecified atom stereocenters. The predicted octanol–water partition coefficient (Wildman–Crippen LogP) is -0.511. The number of benzene rings is 1. The predicted molar refractivity (Wildman–Crippen MR) is 133 cm³/mol. The third-order valence-corrected chi connectivity index (χ3v) is 8.46. The number of fused-ring (bicyclic) bond motifs is 3. The molecule has 6 atom stereocenters. The van der Waals surface area contributed by atoms with E-state index in [2.05, 4.69) is 0 Å². The zero-order valence-electron chi connectivity index (χ0n) is 21.2. The zero-order valence-corrected chi connectivity index (χ0v) is 21.2. The molecule has 3 aliphatic carbocycles. The van der Waals surface area contributed by atoms with Crippen molar-refractivity contribution in [3.8, 4) is 5.75 Å². The monoisotopic (exact) mass is 529 g/mol. The molecular weight excluding hydrogens is 498 g/mol. The Bertz CT molecular complexity index is 1310. The Morgan fingerprint density at radius 3 is 2.37 bits per heavy atom. The van der Waals surface area contributed by atoms with E-state index in [0.717, 1.165) is 0 Å². The fraction of sp³-hybridized carbons (Fsp3) is 0.500. The first-order valence-corrected chi connectivity index (χ1v) is 12.4. The lowest BCUT2D eigenvalue weighted by atomic mass is 9.55. The van der Waals surface area contributed by atoms with E-state index in [4.69, 9.17) is 10.5 Å². The molecular formula is C26H31N3O9. The number of ketones is 2. The number of ether oxygens (including phenoxy) is 1. The van der Waals surface area contributed by atoms with Gasteiger partial charge in [-0.2, -0.15) is 0 Å². The molecule has 7 N–H and O–H groups in total. The Morgan fingerprint density at radius 2 is 1.79 bits per heavy atom. The highest BCUT2D eigenvalue weighted by Gasteiger charge is 2.67. The minimum Gasteiger partial charge on any atom is -0.510 e. The smallest absolute Gasteiger partial charge is 0.255 e. The molecule has 12 nitrogen and oxygen atoms in total. The first-order valence-electron chi connectivity index (χ1n) is 12.4. The first kappa shape index (κ1) is 26.2. The van der Waals surface area contributed by atoms with Crippen LogP contribution >= 0.6 is 0 Å². The van der Waals surface area contributed by atoms with Crippen molar-refractivity contribution in [2.45, 2.75) is 30.6 Å². The Labute approximate surface area is 218 Å². The molecule has 1 saturated heterocycles. The number of Topliss-reactive ketones (excluding diaryl/α,β-unsaturated/α-hetero) is 2. The molecule has 12 heteroatoms. The maximum atomic E-state index is 13.9. The number of anilines is 1. The van der Waals surface area contributed by atoms with Crippen molar-refractivity contribution in [3.05, 3.63) is 45.9 Å². The number of rotatable bonds is 3. The van der Waals surface area contributed by atoms with Gasteiger partial charge in [0, 0.05) is 24.6 Å². The summed E-state index contributed by atoms with van der Waals surface area (Å²) in [5, 5.41) is 56.9. The molecule has 1 aliphatic heterocycles. The summed E-state index contributed by atoms with van der Waals surface area (Å²) in [4.78, 5) is 42.7. The number of nitrogens with zero attached hydrogens (tertiary/aromatic N) is 2. The lowest BCUT2D eigenvalue weighted by Crippen LogP contribution is -2.68. The number of nitrogens with two attached hydrogens (primary N) is 1. The molecule has 4 aliphatic rings. The van der Waals surface area contributed by atoms with Crippen molar-refractivity contribution < 1.29 is 44.7 Å². The number of carbonyl (C=O) groups excluding carboxylic acids is 3. The fourth-order valence-electron chi connectivity index (χ4n) is 6.67. The van der Waals surface area contributed by atoms with Gasteiger partial charge in [-0.15, -0.1) is 0 Å². The van der Waals surface area contributed by atoms with Gasteiger partial charge in [-0.05, 0) is 31.6 Å². The zero-order chi connectivity index (χ0) is 27.8. The number of amides is 1. The third-order valence-electron chi connectivity index (χ3n) is 8.46. The first-order chi connectivity index (χ1) is 17.8. The lowest BCUT2D eigenvalue weighted by molar-refractivity contribution is -0.162. The quantitative estimate of drug-likeness (QED) is 0.276. The van der Waals surface area contributed by atoms with Crippen molar-refractivity contribution in [2.24, 2.45) is 17.6 Å². The van der Waals surface area contributed by atoms with Gasteiger partial charge >= 0.3 is 0 Å². The van der Waals surface area contributed by atoms with Crippen LogP contribution in [0, 0.1) is 11.8 Å². The summed E-state index contributed by atoms with van der Waals surface area (Å²) >= 11 is 0. The van der Waals surface area contributed by atoms with Crippen LogP contribution in [0.1, 0.15) is 28.8 Å². The standard InChI is InChI=1S/C26H31N3O9/c1-10-11-4-5-12(29-6-8-38-9-7-29)19(30)14(11)20(31)15-13(10)21(32)17-18(28(2)3)22(33)16(25(27)36)24(35)26(17,37)23(15)34/h4-5,10,13,17-18,21,30,32-34,37H,6-9H2,1-3H3,(H2,27,36). The van der Waals surface area contributed by atoms with E-state index in [9.17, 15) is 39.9 Å². The van der Waals surface area contributed by atoms with E-state index < -0.39 is 75.6 Å². The molecule has 0 bridgehead atoms. The van der Waals surface area contributed by atoms with E-state index in [1.54, 1.807) is 19.1 Å². The van der Waals surface area contributed by atoms with Crippen molar-refractivity contribution >= 4 is 23.2 Å². The van der Waals surface area contributed by atoms with Gasteiger partial charge in [-0.1, -0.05) is 13.0 Å². The average Bonchev–Trinajstić information content (AvgIpc) is 2.86. The largest absolute Gasteiger partial charge is 0.510 e. The van der Waals surface area contributed by atoms with Gasteiger partial charge in [0.05, 0.1) is 42.5 Å². The summed E-state index contributed by atoms with van der Waals surface area (Å²) in [5.41, 5.74) is 1.78. The normalized spacial score (nSPS) is 33.3. The highest BCUT2D eigenvalue weighted by molar-refractivity contribution is 6.25. The maximum absolute atomic E-state index is 13.9. The van der Waals surface area contributed by atoms with Crippen LogP contribution in [-0.2, 0) is 14.3 Å². The summed E-state index contributed by atoms with van der Waals surface area (Å²) in [7, 11) is 2.99. The fourth-order valence-corrected chi connectivity index (χ4v) is 6.67. The second-order valence-corrected chi connectivity index (χ2v) is 10.5. The van der Waals surface area contributed by atoms with Crippen LogP contribution in [0.4, 0.5) is 5.69 Å². The molecule has 38 heavy (non-hydrogen) atoms. The minimum absolute atomic E-state index is 0.102. The number of aliphatic hydroxyl groups is 4. The van der Waals surface area contributed by atoms with Gasteiger partial charge in [0.25, 0.3) is 5.91 Å². The molecule has 0 saturated carbocycles. The van der Waals surface area contributed by atoms with Crippen LogP contribution < -0.4 is 10.6 Å². The molecule has 1 fully saturated rings. The highest BCUT2D eigenvalue weighted by Crippen LogP contribution is 2.56. The number of likely N-dealkylation sites (N-methyl/N-ethyl adjacent to an activating group) is 1. The van der Waals surface area contributed by atoms with E-state index in [1.165, 1.54) is 19.0 Å². The van der Waals surface area contributed by atoms with E-state index in [0.29, 0.717) is 37.6 Å². The number of carbonyl (C=O) groups is 3. The lowest BCUT2D eigenvalue weighted by Gasteiger charge is -2.53. The van der Waals surface area contributed by atoms with E-state index in [1.807, 2.05) is 4.90 Å². The van der Waals surface area contributed by atoms with Crippen molar-refractivity contribution in [1.82, 2.24) is 4.90 Å².